The summed E-state index contributed by atoms with van der Waals surface area (Å²) in [6.07, 6.45) is 4.12. The molecular formula is C11H10O2. The number of Topliss-reactive ketones (excluding diaryl/α,β-unsaturated/α-hetero) is 1. The molecule has 0 fully saturated rings. The van der Waals surface area contributed by atoms with Crippen molar-refractivity contribution < 1.29 is 9.53 Å². The zero-order valence-corrected chi connectivity index (χ0v) is 7.41. The van der Waals surface area contributed by atoms with Crippen LogP contribution in [0.2, 0.25) is 0 Å². The highest BCUT2D eigenvalue weighted by Crippen LogP contribution is 2.02. The molecule has 0 bridgehead atoms. The van der Waals surface area contributed by atoms with Gasteiger partial charge in [-0.2, -0.15) is 0 Å². The minimum atomic E-state index is 0.153. The van der Waals surface area contributed by atoms with E-state index in [-0.39, 0.29) is 5.78 Å². The van der Waals surface area contributed by atoms with Gasteiger partial charge < -0.3 is 4.74 Å². The molecule has 1 aliphatic carbocycles. The molecule has 0 saturated heterocycles. The lowest BCUT2D eigenvalue weighted by Gasteiger charge is -2.02. The van der Waals surface area contributed by atoms with E-state index in [0.29, 0.717) is 6.42 Å². The molecule has 0 amide bonds. The van der Waals surface area contributed by atoms with Gasteiger partial charge >= 0.3 is 0 Å². The Balaban J connectivity index is 2.69. The van der Waals surface area contributed by atoms with Crippen molar-refractivity contribution in [1.29, 1.82) is 0 Å². The molecule has 0 radical (unpaired) electrons. The van der Waals surface area contributed by atoms with Crippen LogP contribution < -0.4 is 15.2 Å². The normalized spacial score (nSPS) is 14.1. The number of hydrogen-bond acceptors (Lipinski definition) is 2. The first-order chi connectivity index (χ1) is 6.29. The molecule has 0 N–H and O–H groups in total. The Morgan fingerprint density at radius 1 is 1.31 bits per heavy atom. The van der Waals surface area contributed by atoms with Crippen LogP contribution in [-0.4, -0.2) is 12.9 Å². The quantitative estimate of drug-likeness (QED) is 0.609. The Hall–Kier alpha value is -1.57. The van der Waals surface area contributed by atoms with Crippen molar-refractivity contribution in [2.45, 2.75) is 6.42 Å². The average Bonchev–Trinajstić information content (AvgIpc) is 2.16. The zero-order chi connectivity index (χ0) is 9.26. The summed E-state index contributed by atoms with van der Waals surface area (Å²) in [4.78, 5) is 11.1. The van der Waals surface area contributed by atoms with E-state index in [9.17, 15) is 4.79 Å². The number of benzene rings is 1. The lowest BCUT2D eigenvalue weighted by molar-refractivity contribution is -0.112. The predicted octanol–water partition coefficient (Wildman–Crippen LogP) is 0.229. The summed E-state index contributed by atoms with van der Waals surface area (Å²) >= 11 is 0. The van der Waals surface area contributed by atoms with E-state index in [1.807, 2.05) is 24.3 Å². The Labute approximate surface area is 76.1 Å². The highest BCUT2D eigenvalue weighted by atomic mass is 16.5. The topological polar surface area (TPSA) is 26.3 Å². The molecule has 0 spiro atoms. The predicted molar refractivity (Wildman–Crippen MR) is 50.8 cm³/mol. The summed E-state index contributed by atoms with van der Waals surface area (Å²) in [5.41, 5.74) is 0. The molecule has 0 atom stereocenters. The van der Waals surface area contributed by atoms with Gasteiger partial charge in [0.2, 0.25) is 0 Å². The summed E-state index contributed by atoms with van der Waals surface area (Å²) in [6, 6.07) is 5.75. The first-order valence-electron chi connectivity index (χ1n) is 4.18. The second-order valence-corrected chi connectivity index (χ2v) is 3.01. The van der Waals surface area contributed by atoms with E-state index in [2.05, 4.69) is 0 Å². The van der Waals surface area contributed by atoms with Crippen molar-refractivity contribution in [2.75, 3.05) is 7.11 Å². The lowest BCUT2D eigenvalue weighted by Crippen LogP contribution is -2.28. The van der Waals surface area contributed by atoms with Crippen LogP contribution in [0.5, 0.6) is 5.75 Å². The van der Waals surface area contributed by atoms with Crippen LogP contribution in [0.15, 0.2) is 18.2 Å². The summed E-state index contributed by atoms with van der Waals surface area (Å²) < 4.78 is 5.07. The van der Waals surface area contributed by atoms with Crippen LogP contribution in [0, 0.1) is 0 Å². The molecule has 2 nitrogen and oxygen atoms in total. The van der Waals surface area contributed by atoms with Crippen LogP contribution in [0.3, 0.4) is 0 Å². The first-order valence-corrected chi connectivity index (χ1v) is 4.18. The number of carbonyl (C=O) groups excluding carboxylic acids is 1. The van der Waals surface area contributed by atoms with Gasteiger partial charge in [0, 0.05) is 6.42 Å². The zero-order valence-electron chi connectivity index (χ0n) is 7.41. The summed E-state index contributed by atoms with van der Waals surface area (Å²) in [7, 11) is 1.62. The van der Waals surface area contributed by atoms with Crippen molar-refractivity contribution >= 4 is 17.9 Å². The minimum Gasteiger partial charge on any atom is -0.497 e. The van der Waals surface area contributed by atoms with Gasteiger partial charge in [-0.05, 0) is 28.6 Å². The second kappa shape index (κ2) is 3.05. The molecule has 0 aliphatic heterocycles. The fraction of sp³-hybridized carbons (Fsp3) is 0.182. The third-order valence-corrected chi connectivity index (χ3v) is 2.13. The molecule has 0 unspecified atom stereocenters. The molecule has 1 aliphatic rings. The van der Waals surface area contributed by atoms with Gasteiger partial charge in [-0.25, -0.2) is 0 Å². The third-order valence-electron chi connectivity index (χ3n) is 2.13. The molecule has 2 rings (SSSR count). The number of hydrogen-bond donors (Lipinski definition) is 0. The van der Waals surface area contributed by atoms with Crippen molar-refractivity contribution in [3.8, 4) is 5.75 Å². The van der Waals surface area contributed by atoms with Crippen LogP contribution in [0.25, 0.3) is 12.2 Å². The standard InChI is InChI=1S/C11H10O2/c1-13-11-5-3-8-2-4-10(12)6-9(8)7-11/h2-3,5-7H,4H2,1H3. The second-order valence-electron chi connectivity index (χ2n) is 3.01. The highest BCUT2D eigenvalue weighted by molar-refractivity contribution is 6.09. The van der Waals surface area contributed by atoms with Crippen molar-refractivity contribution in [3.05, 3.63) is 28.6 Å². The molecule has 0 heterocycles. The van der Waals surface area contributed by atoms with E-state index in [1.54, 1.807) is 13.2 Å². The van der Waals surface area contributed by atoms with Gasteiger partial charge in [0.05, 0.1) is 7.11 Å². The summed E-state index contributed by atoms with van der Waals surface area (Å²) in [5.74, 6) is 0.943. The Morgan fingerprint density at radius 3 is 2.92 bits per heavy atom. The fourth-order valence-corrected chi connectivity index (χ4v) is 1.43. The maximum Gasteiger partial charge on any atom is 0.160 e. The number of fused-ring (bicyclic) bond motifs is 1. The van der Waals surface area contributed by atoms with Crippen LogP contribution in [0.1, 0.15) is 6.42 Å². The molecule has 0 aromatic heterocycles. The maximum absolute atomic E-state index is 11.1. The number of carbonyl (C=O) groups is 1. The van der Waals surface area contributed by atoms with Gasteiger partial charge in [0.1, 0.15) is 5.75 Å². The van der Waals surface area contributed by atoms with E-state index in [1.165, 1.54) is 0 Å². The van der Waals surface area contributed by atoms with E-state index < -0.39 is 0 Å². The van der Waals surface area contributed by atoms with Gasteiger partial charge in [-0.3, -0.25) is 4.79 Å². The van der Waals surface area contributed by atoms with Crippen LogP contribution in [-0.2, 0) is 4.79 Å². The van der Waals surface area contributed by atoms with E-state index >= 15 is 0 Å². The molecule has 66 valence electrons. The third kappa shape index (κ3) is 1.47. The van der Waals surface area contributed by atoms with Crippen LogP contribution >= 0.6 is 0 Å². The number of ketones is 1. The number of rotatable bonds is 1. The molecule has 13 heavy (non-hydrogen) atoms. The molecule has 0 saturated carbocycles. The maximum atomic E-state index is 11.1. The SMILES string of the molecule is COc1ccc2c(c1)=CC(=O)CC=2. The average molecular weight is 174 g/mol. The fourth-order valence-electron chi connectivity index (χ4n) is 1.43. The van der Waals surface area contributed by atoms with Gasteiger partial charge in [0.15, 0.2) is 5.78 Å². The Bertz CT molecular complexity index is 457. The van der Waals surface area contributed by atoms with Crippen molar-refractivity contribution in [3.63, 3.8) is 0 Å². The van der Waals surface area contributed by atoms with Gasteiger partial charge in [0.25, 0.3) is 0 Å². The Kier molecular flexibility index (Phi) is 1.89. The summed E-state index contributed by atoms with van der Waals surface area (Å²) in [5, 5.41) is 2.07. The summed E-state index contributed by atoms with van der Waals surface area (Å²) in [6.45, 7) is 0. The molecule has 2 heteroatoms. The van der Waals surface area contributed by atoms with E-state index in [4.69, 9.17) is 4.74 Å². The van der Waals surface area contributed by atoms with Gasteiger partial charge in [-0.15, -0.1) is 0 Å². The van der Waals surface area contributed by atoms with Crippen LogP contribution in [0.4, 0.5) is 0 Å². The Morgan fingerprint density at radius 2 is 2.15 bits per heavy atom. The molecular weight excluding hydrogens is 164 g/mol. The monoisotopic (exact) mass is 174 g/mol. The number of ether oxygens (including phenoxy) is 1. The molecule has 1 aromatic carbocycles. The minimum absolute atomic E-state index is 0.153. The van der Waals surface area contributed by atoms with Gasteiger partial charge in [-0.1, -0.05) is 12.1 Å². The number of methoxy groups -OCH3 is 1. The largest absolute Gasteiger partial charge is 0.497 e. The first kappa shape index (κ1) is 8.05. The smallest absolute Gasteiger partial charge is 0.160 e. The van der Waals surface area contributed by atoms with Crippen molar-refractivity contribution in [1.82, 2.24) is 0 Å². The van der Waals surface area contributed by atoms with E-state index in [0.717, 1.165) is 16.2 Å². The lowest BCUT2D eigenvalue weighted by atomic mass is 10.1. The highest BCUT2D eigenvalue weighted by Gasteiger charge is 2.01. The van der Waals surface area contributed by atoms with Crippen molar-refractivity contribution in [2.24, 2.45) is 0 Å². The molecule has 1 aromatic rings.